The van der Waals surface area contributed by atoms with Crippen LogP contribution in [0.3, 0.4) is 0 Å². The Morgan fingerprint density at radius 3 is 1.02 bits per heavy atom. The van der Waals surface area contributed by atoms with E-state index in [1.807, 2.05) is 0 Å². The average Bonchev–Trinajstić information content (AvgIpc) is 3.84. The van der Waals surface area contributed by atoms with Gasteiger partial charge in [-0.2, -0.15) is 0 Å². The summed E-state index contributed by atoms with van der Waals surface area (Å²) in [5.74, 6) is 0. The molecule has 0 atom stereocenters. The summed E-state index contributed by atoms with van der Waals surface area (Å²) in [6.07, 6.45) is 0. The highest BCUT2D eigenvalue weighted by Crippen LogP contribution is 2.45. The van der Waals surface area contributed by atoms with Gasteiger partial charge >= 0.3 is 0 Å². The standard InChI is InChI=1S/C62H40N2/c1-3-11-39(12-4-1)37-63-53-31-29-47(35-51(53)61-55(63)33-27-45-25-23-43-21-19-41-15-7-9-17-49(41)57(43)59(45)61)48-30-32-54-52(36-48)62-56(64(54)38-40-13-5-2-6-14-40)34-28-46-26-24-44-22-20-42-16-8-10-18-50(42)58(44)60(46)62/h1-36H,37-38H2. The van der Waals surface area contributed by atoms with Crippen molar-refractivity contribution >= 4 is 108 Å². The molecule has 14 aromatic rings. The second-order valence-electron chi connectivity index (χ2n) is 17.6. The predicted octanol–water partition coefficient (Wildman–Crippen LogP) is 16.6. The van der Waals surface area contributed by atoms with E-state index in [1.54, 1.807) is 0 Å². The Labute approximate surface area is 369 Å². The molecule has 64 heavy (non-hydrogen) atoms. The Kier molecular flexibility index (Phi) is 7.55. The van der Waals surface area contributed by atoms with Crippen molar-refractivity contribution in [3.05, 3.63) is 230 Å². The molecule has 0 fully saturated rings. The number of benzene rings is 12. The Bertz CT molecular complexity index is 3940. The first kappa shape index (κ1) is 35.4. The van der Waals surface area contributed by atoms with Gasteiger partial charge in [-0.25, -0.2) is 0 Å². The van der Waals surface area contributed by atoms with E-state index in [4.69, 9.17) is 0 Å². The first-order valence-corrected chi connectivity index (χ1v) is 22.4. The van der Waals surface area contributed by atoms with Crippen molar-refractivity contribution in [3.8, 4) is 11.1 Å². The summed E-state index contributed by atoms with van der Waals surface area (Å²) in [5.41, 5.74) is 10.0. The molecule has 0 aliphatic heterocycles. The van der Waals surface area contributed by atoms with Crippen molar-refractivity contribution in [3.63, 3.8) is 0 Å². The minimum atomic E-state index is 0.791. The summed E-state index contributed by atoms with van der Waals surface area (Å²) in [4.78, 5) is 0. The Hall–Kier alpha value is -8.20. The van der Waals surface area contributed by atoms with Crippen LogP contribution in [0.15, 0.2) is 218 Å². The normalized spacial score (nSPS) is 12.2. The third-order valence-corrected chi connectivity index (χ3v) is 14.1. The molecule has 298 valence electrons. The van der Waals surface area contributed by atoms with Gasteiger partial charge in [0.1, 0.15) is 0 Å². The van der Waals surface area contributed by atoms with Crippen molar-refractivity contribution in [2.24, 2.45) is 0 Å². The van der Waals surface area contributed by atoms with E-state index >= 15 is 0 Å². The quantitative estimate of drug-likeness (QED) is 0.153. The van der Waals surface area contributed by atoms with Gasteiger partial charge in [-0.1, -0.05) is 182 Å². The van der Waals surface area contributed by atoms with Crippen LogP contribution in [-0.4, -0.2) is 9.13 Å². The van der Waals surface area contributed by atoms with E-state index in [0.29, 0.717) is 0 Å². The molecule has 2 nitrogen and oxygen atoms in total. The molecule has 0 bridgehead atoms. The molecule has 0 saturated carbocycles. The van der Waals surface area contributed by atoms with E-state index in [9.17, 15) is 0 Å². The molecule has 0 saturated heterocycles. The number of rotatable bonds is 5. The van der Waals surface area contributed by atoms with Crippen molar-refractivity contribution in [1.29, 1.82) is 0 Å². The number of fused-ring (bicyclic) bond motifs is 18. The predicted molar refractivity (Wildman–Crippen MR) is 274 cm³/mol. The highest BCUT2D eigenvalue weighted by Gasteiger charge is 2.21. The van der Waals surface area contributed by atoms with Gasteiger partial charge in [0.15, 0.2) is 0 Å². The number of hydrogen-bond donors (Lipinski definition) is 0. The van der Waals surface area contributed by atoms with E-state index in [1.165, 1.54) is 131 Å². The van der Waals surface area contributed by atoms with Gasteiger partial charge in [0, 0.05) is 56.4 Å². The van der Waals surface area contributed by atoms with Gasteiger partial charge in [0.25, 0.3) is 0 Å². The van der Waals surface area contributed by atoms with Crippen LogP contribution >= 0.6 is 0 Å². The molecule has 0 amide bonds. The van der Waals surface area contributed by atoms with Crippen LogP contribution in [0.1, 0.15) is 11.1 Å². The largest absolute Gasteiger partial charge is 0.336 e. The van der Waals surface area contributed by atoms with Crippen LogP contribution in [0.25, 0.3) is 119 Å². The zero-order valence-electron chi connectivity index (χ0n) is 35.1. The maximum absolute atomic E-state index is 2.54. The molecule has 0 N–H and O–H groups in total. The van der Waals surface area contributed by atoms with E-state index < -0.39 is 0 Å². The summed E-state index contributed by atoms with van der Waals surface area (Å²) in [5, 5.41) is 20.7. The second-order valence-corrected chi connectivity index (χ2v) is 17.6. The minimum absolute atomic E-state index is 0.791. The number of aromatic nitrogens is 2. The molecule has 12 aromatic carbocycles. The molecule has 2 aromatic heterocycles. The fourth-order valence-electron chi connectivity index (χ4n) is 11.2. The van der Waals surface area contributed by atoms with Crippen molar-refractivity contribution < 1.29 is 0 Å². The molecule has 0 unspecified atom stereocenters. The fraction of sp³-hybridized carbons (Fsp3) is 0.0323. The lowest BCUT2D eigenvalue weighted by atomic mass is 9.92. The third-order valence-electron chi connectivity index (χ3n) is 14.1. The van der Waals surface area contributed by atoms with Crippen molar-refractivity contribution in [1.82, 2.24) is 9.13 Å². The minimum Gasteiger partial charge on any atom is -0.336 e. The zero-order chi connectivity index (χ0) is 41.9. The molecule has 2 heterocycles. The number of nitrogens with zero attached hydrogens (tertiary/aromatic N) is 2. The first-order valence-electron chi connectivity index (χ1n) is 22.4. The van der Waals surface area contributed by atoms with Crippen LogP contribution in [0.5, 0.6) is 0 Å². The van der Waals surface area contributed by atoms with Gasteiger partial charge in [-0.3, -0.25) is 0 Å². The van der Waals surface area contributed by atoms with Gasteiger partial charge < -0.3 is 9.13 Å². The highest BCUT2D eigenvalue weighted by atomic mass is 15.0. The molecule has 2 heteroatoms. The zero-order valence-corrected chi connectivity index (χ0v) is 35.1. The number of hydrogen-bond acceptors (Lipinski definition) is 0. The smallest absolute Gasteiger partial charge is 0.0501 e. The van der Waals surface area contributed by atoms with Crippen molar-refractivity contribution in [2.45, 2.75) is 13.1 Å². The van der Waals surface area contributed by atoms with Crippen LogP contribution in [0, 0.1) is 0 Å². The van der Waals surface area contributed by atoms with Crippen molar-refractivity contribution in [2.75, 3.05) is 0 Å². The van der Waals surface area contributed by atoms with E-state index in [2.05, 4.69) is 228 Å². The van der Waals surface area contributed by atoms with Crippen LogP contribution < -0.4 is 0 Å². The molecular weight excluding hydrogens is 773 g/mol. The lowest BCUT2D eigenvalue weighted by Gasteiger charge is -2.11. The summed E-state index contributed by atoms with van der Waals surface area (Å²) in [6.45, 7) is 1.58. The lowest BCUT2D eigenvalue weighted by molar-refractivity contribution is 0.869. The molecule has 14 rings (SSSR count). The van der Waals surface area contributed by atoms with Crippen LogP contribution in [0.2, 0.25) is 0 Å². The maximum atomic E-state index is 2.54. The topological polar surface area (TPSA) is 9.86 Å². The van der Waals surface area contributed by atoms with Gasteiger partial charge in [0.2, 0.25) is 0 Å². The molecule has 0 spiro atoms. The average molecular weight is 813 g/mol. The summed E-state index contributed by atoms with van der Waals surface area (Å²) >= 11 is 0. The summed E-state index contributed by atoms with van der Waals surface area (Å²) in [7, 11) is 0. The fourth-order valence-corrected chi connectivity index (χ4v) is 11.2. The summed E-state index contributed by atoms with van der Waals surface area (Å²) < 4.78 is 5.07. The Morgan fingerprint density at radius 1 is 0.234 bits per heavy atom. The van der Waals surface area contributed by atoms with E-state index in [0.717, 1.165) is 13.1 Å². The van der Waals surface area contributed by atoms with Gasteiger partial charge in [0.05, 0.1) is 11.0 Å². The van der Waals surface area contributed by atoms with Crippen LogP contribution in [-0.2, 0) is 13.1 Å². The second kappa shape index (κ2) is 13.6. The van der Waals surface area contributed by atoms with Gasteiger partial charge in [-0.15, -0.1) is 0 Å². The SMILES string of the molecule is c1ccc(Cn2c3ccc(-c4ccc5c(c4)c4c6c(ccc7ccc8ccccc8c76)ccc4n5Cc4ccccc4)cc3c3c4c(ccc5ccc6ccccc6c54)ccc32)cc1. The molecule has 0 aliphatic carbocycles. The Morgan fingerprint density at radius 2 is 0.578 bits per heavy atom. The third kappa shape index (κ3) is 5.20. The molecular formula is C62H40N2. The monoisotopic (exact) mass is 812 g/mol. The van der Waals surface area contributed by atoms with E-state index in [-0.39, 0.29) is 0 Å². The molecule has 0 aliphatic rings. The van der Waals surface area contributed by atoms with Gasteiger partial charge in [-0.05, 0) is 113 Å². The summed E-state index contributed by atoms with van der Waals surface area (Å²) in [6, 6.07) is 81.6. The molecule has 0 radical (unpaired) electrons. The Balaban J connectivity index is 1.08. The lowest BCUT2D eigenvalue weighted by Crippen LogP contribution is -1.99. The first-order chi connectivity index (χ1) is 31.7. The van der Waals surface area contributed by atoms with Crippen LogP contribution in [0.4, 0.5) is 0 Å². The maximum Gasteiger partial charge on any atom is 0.0501 e. The highest BCUT2D eigenvalue weighted by molar-refractivity contribution is 6.34.